The molecule has 0 radical (unpaired) electrons. The van der Waals surface area contributed by atoms with Crippen LogP contribution in [0.4, 0.5) is 0 Å². The summed E-state index contributed by atoms with van der Waals surface area (Å²) >= 11 is 0. The first-order valence-electron chi connectivity index (χ1n) is 16.3. The predicted molar refractivity (Wildman–Crippen MR) is 179 cm³/mol. The van der Waals surface area contributed by atoms with Crippen molar-refractivity contribution in [1.29, 1.82) is 0 Å². The molecule has 2 aliphatic rings. The van der Waals surface area contributed by atoms with Gasteiger partial charge in [-0.25, -0.2) is 4.79 Å². The molecule has 250 valence electrons. The van der Waals surface area contributed by atoms with Gasteiger partial charge in [0.15, 0.2) is 11.8 Å². The summed E-state index contributed by atoms with van der Waals surface area (Å²) in [7, 11) is 0. The van der Waals surface area contributed by atoms with Gasteiger partial charge in [-0.3, -0.25) is 0 Å². The summed E-state index contributed by atoms with van der Waals surface area (Å²) < 4.78 is 38.5. The molecule has 9 nitrogen and oxygen atoms in total. The van der Waals surface area contributed by atoms with Gasteiger partial charge in [-0.05, 0) is 29.2 Å². The van der Waals surface area contributed by atoms with Crippen LogP contribution in [0.1, 0.15) is 35.6 Å². The van der Waals surface area contributed by atoms with Crippen molar-refractivity contribution >= 4 is 11.7 Å². The van der Waals surface area contributed by atoms with Crippen LogP contribution in [-0.4, -0.2) is 55.1 Å². The third-order valence-corrected chi connectivity index (χ3v) is 8.24. The van der Waals surface area contributed by atoms with E-state index in [1.54, 1.807) is 6.92 Å². The third-order valence-electron chi connectivity index (χ3n) is 8.24. The fourth-order valence-corrected chi connectivity index (χ4v) is 5.89. The summed E-state index contributed by atoms with van der Waals surface area (Å²) in [5.41, 5.74) is 4.06. The Labute approximate surface area is 281 Å². The van der Waals surface area contributed by atoms with Crippen LogP contribution in [0.2, 0.25) is 0 Å². The topological polar surface area (TPSA) is 94.0 Å². The van der Waals surface area contributed by atoms with Crippen LogP contribution < -0.4 is 0 Å². The largest absolute Gasteiger partial charge is 0.461 e. The van der Waals surface area contributed by atoms with Gasteiger partial charge in [0.05, 0.1) is 46.1 Å². The Morgan fingerprint density at radius 3 is 1.69 bits per heavy atom. The van der Waals surface area contributed by atoms with E-state index in [2.05, 4.69) is 5.16 Å². The minimum absolute atomic E-state index is 0.00290. The number of esters is 1. The molecule has 4 aromatic rings. The molecule has 2 aliphatic heterocycles. The smallest absolute Gasteiger partial charge is 0.356 e. The van der Waals surface area contributed by atoms with Crippen molar-refractivity contribution in [3.05, 3.63) is 144 Å². The maximum absolute atomic E-state index is 12.9. The first-order chi connectivity index (χ1) is 23.6. The number of oxime groups is 1. The summed E-state index contributed by atoms with van der Waals surface area (Å²) in [6.45, 7) is 3.29. The Morgan fingerprint density at radius 1 is 0.688 bits per heavy atom. The number of hydrogen-bond donors (Lipinski definition) is 0. The fourth-order valence-electron chi connectivity index (χ4n) is 5.89. The number of rotatable bonds is 15. The van der Waals surface area contributed by atoms with E-state index in [0.717, 1.165) is 22.3 Å². The van der Waals surface area contributed by atoms with Crippen LogP contribution in [0, 0.1) is 0 Å². The molecule has 5 atom stereocenters. The molecule has 48 heavy (non-hydrogen) atoms. The Kier molecular flexibility index (Phi) is 11.6. The summed E-state index contributed by atoms with van der Waals surface area (Å²) in [6, 6.07) is 39.6. The highest BCUT2D eigenvalue weighted by molar-refractivity contribution is 6.36. The standard InChI is InChI=1S/C39H41NO8/c1-2-43-38(41)33-23-39(48-40-33)37(46-27-32-21-13-6-14-22-32)36(45-26-31-19-11-5-12-20-31)35(44-25-30-17-9-4-10-18-30)34(47-39)28-42-24-29-15-7-3-8-16-29/h3-22,34-37H,2,23-28H2,1H3/t34-,35-,36+,37+,39-/m1/s1. The first kappa shape index (κ1) is 33.5. The lowest BCUT2D eigenvalue weighted by Crippen LogP contribution is -2.67. The molecule has 2 heterocycles. The van der Waals surface area contributed by atoms with Gasteiger partial charge in [0.2, 0.25) is 0 Å². The normalized spacial score (nSPS) is 23.4. The molecule has 4 aromatic carbocycles. The van der Waals surface area contributed by atoms with Crippen LogP contribution in [0.3, 0.4) is 0 Å². The molecule has 0 aliphatic carbocycles. The molecule has 0 bridgehead atoms. The average Bonchev–Trinajstić information content (AvgIpc) is 3.56. The van der Waals surface area contributed by atoms with E-state index in [0.29, 0.717) is 13.2 Å². The summed E-state index contributed by atoms with van der Waals surface area (Å²) in [4.78, 5) is 19.0. The lowest BCUT2D eigenvalue weighted by molar-refractivity contribution is -0.375. The maximum Gasteiger partial charge on any atom is 0.356 e. The van der Waals surface area contributed by atoms with Gasteiger partial charge in [0.25, 0.3) is 5.79 Å². The van der Waals surface area contributed by atoms with Gasteiger partial charge in [-0.15, -0.1) is 0 Å². The lowest BCUT2D eigenvalue weighted by atomic mass is 9.89. The molecule has 0 aromatic heterocycles. The lowest BCUT2D eigenvalue weighted by Gasteiger charge is -2.49. The monoisotopic (exact) mass is 651 g/mol. The van der Waals surface area contributed by atoms with Crippen LogP contribution in [0.25, 0.3) is 0 Å². The van der Waals surface area contributed by atoms with Gasteiger partial charge in [-0.2, -0.15) is 0 Å². The first-order valence-corrected chi connectivity index (χ1v) is 16.3. The second kappa shape index (κ2) is 16.6. The van der Waals surface area contributed by atoms with Crippen molar-refractivity contribution in [1.82, 2.24) is 0 Å². The van der Waals surface area contributed by atoms with Crippen molar-refractivity contribution in [2.24, 2.45) is 5.16 Å². The Morgan fingerprint density at radius 2 is 1.17 bits per heavy atom. The van der Waals surface area contributed by atoms with Crippen molar-refractivity contribution in [3.8, 4) is 0 Å². The highest BCUT2D eigenvalue weighted by atomic mass is 16.8. The zero-order valence-corrected chi connectivity index (χ0v) is 27.0. The highest BCUT2D eigenvalue weighted by Gasteiger charge is 2.62. The van der Waals surface area contributed by atoms with Crippen LogP contribution in [0.5, 0.6) is 0 Å². The van der Waals surface area contributed by atoms with Gasteiger partial charge >= 0.3 is 5.97 Å². The number of nitrogens with zero attached hydrogens (tertiary/aromatic N) is 1. The van der Waals surface area contributed by atoms with Crippen LogP contribution in [-0.2, 0) is 64.5 Å². The second-order valence-corrected chi connectivity index (χ2v) is 11.7. The van der Waals surface area contributed by atoms with Gasteiger partial charge < -0.3 is 33.3 Å². The van der Waals surface area contributed by atoms with Crippen molar-refractivity contribution in [3.63, 3.8) is 0 Å². The van der Waals surface area contributed by atoms with Gasteiger partial charge in [0.1, 0.15) is 18.3 Å². The predicted octanol–water partition coefficient (Wildman–Crippen LogP) is 6.39. The molecule has 1 fully saturated rings. The van der Waals surface area contributed by atoms with Crippen LogP contribution >= 0.6 is 0 Å². The molecule has 0 N–H and O–H groups in total. The Bertz CT molecular complexity index is 1590. The third kappa shape index (κ3) is 8.55. The molecule has 1 saturated heterocycles. The molecule has 6 rings (SSSR count). The zero-order valence-electron chi connectivity index (χ0n) is 27.0. The SMILES string of the molecule is CCOC(=O)C1=NO[C@@]2(C1)O[C@H](COCc1ccccc1)[C@@H](OCc1ccccc1)[C@H](OCc1ccccc1)[C@@H]2OCc1ccccc1. The molecular formula is C39H41NO8. The highest BCUT2D eigenvalue weighted by Crippen LogP contribution is 2.42. The molecule has 0 saturated carbocycles. The second-order valence-electron chi connectivity index (χ2n) is 11.7. The summed E-state index contributed by atoms with van der Waals surface area (Å²) in [5, 5.41) is 4.17. The quantitative estimate of drug-likeness (QED) is 0.137. The van der Waals surface area contributed by atoms with Crippen LogP contribution in [0.15, 0.2) is 126 Å². The number of carbonyl (C=O) groups excluding carboxylic acids is 1. The van der Waals surface area contributed by atoms with E-state index in [1.165, 1.54) is 0 Å². The summed E-state index contributed by atoms with van der Waals surface area (Å²) in [6.07, 6.45) is -2.90. The van der Waals surface area contributed by atoms with E-state index >= 15 is 0 Å². The zero-order chi connectivity index (χ0) is 33.0. The molecule has 0 amide bonds. The minimum atomic E-state index is -1.51. The number of benzene rings is 4. The van der Waals surface area contributed by atoms with E-state index in [1.807, 2.05) is 121 Å². The van der Waals surface area contributed by atoms with Gasteiger partial charge in [-0.1, -0.05) is 126 Å². The Balaban J connectivity index is 1.34. The van der Waals surface area contributed by atoms with Crippen molar-refractivity contribution < 1.29 is 38.1 Å². The molecular weight excluding hydrogens is 610 g/mol. The average molecular weight is 652 g/mol. The van der Waals surface area contributed by atoms with E-state index in [9.17, 15) is 4.79 Å². The maximum atomic E-state index is 12.9. The summed E-state index contributed by atoms with van der Waals surface area (Å²) in [5.74, 6) is -2.08. The fraction of sp³-hybridized carbons (Fsp3) is 0.333. The molecule has 1 spiro atoms. The number of ether oxygens (including phenoxy) is 6. The van der Waals surface area contributed by atoms with E-state index in [4.69, 9.17) is 33.3 Å². The van der Waals surface area contributed by atoms with E-state index in [-0.39, 0.29) is 38.6 Å². The Hall–Kier alpha value is -4.38. The van der Waals surface area contributed by atoms with E-state index < -0.39 is 36.2 Å². The molecule has 9 heteroatoms. The number of hydrogen-bond acceptors (Lipinski definition) is 9. The van der Waals surface area contributed by atoms with Gasteiger partial charge in [0, 0.05) is 0 Å². The van der Waals surface area contributed by atoms with Crippen molar-refractivity contribution in [2.45, 2.75) is 70.0 Å². The number of carbonyl (C=O) groups is 1. The van der Waals surface area contributed by atoms with Crippen molar-refractivity contribution in [2.75, 3.05) is 13.2 Å². The minimum Gasteiger partial charge on any atom is -0.461 e. The molecule has 0 unspecified atom stereocenters.